The lowest BCUT2D eigenvalue weighted by Crippen LogP contribution is -2.23. The van der Waals surface area contributed by atoms with Crippen molar-refractivity contribution in [3.63, 3.8) is 0 Å². The standard InChI is InChI=1S/C14H13N5O2/c1-2-19-11-6-4-3-5-9(11)13(20)10(14(19)21)8-17-18-12(16)7-15/h3-6,8,20H,2H2,1H3,(H2,16,18). The third-order valence-corrected chi connectivity index (χ3v) is 2.96. The second-order valence-electron chi connectivity index (χ2n) is 4.17. The zero-order chi connectivity index (χ0) is 15.4. The van der Waals surface area contributed by atoms with Crippen LogP contribution in [0.25, 0.3) is 10.9 Å². The van der Waals surface area contributed by atoms with Crippen molar-refractivity contribution < 1.29 is 5.11 Å². The Morgan fingerprint density at radius 2 is 2.24 bits per heavy atom. The van der Waals surface area contributed by atoms with Gasteiger partial charge in [0.25, 0.3) is 5.56 Å². The van der Waals surface area contributed by atoms with Crippen molar-refractivity contribution in [1.82, 2.24) is 4.57 Å². The molecular formula is C14H13N5O2. The Kier molecular flexibility index (Phi) is 4.00. The fraction of sp³-hybridized carbons (Fsp3) is 0.143. The van der Waals surface area contributed by atoms with Gasteiger partial charge in [-0.05, 0) is 19.1 Å². The molecule has 3 N–H and O–H groups in total. The molecule has 0 amide bonds. The number of hydrogen-bond donors (Lipinski definition) is 2. The minimum Gasteiger partial charge on any atom is -0.506 e. The van der Waals surface area contributed by atoms with Crippen LogP contribution in [0.1, 0.15) is 12.5 Å². The molecule has 0 unspecified atom stereocenters. The van der Waals surface area contributed by atoms with E-state index in [0.29, 0.717) is 17.4 Å². The van der Waals surface area contributed by atoms with E-state index in [-0.39, 0.29) is 22.7 Å². The van der Waals surface area contributed by atoms with E-state index >= 15 is 0 Å². The second-order valence-corrected chi connectivity index (χ2v) is 4.17. The Morgan fingerprint density at radius 3 is 2.90 bits per heavy atom. The minimum atomic E-state index is -0.386. The van der Waals surface area contributed by atoms with Gasteiger partial charge < -0.3 is 15.4 Å². The molecule has 0 atom stereocenters. The van der Waals surface area contributed by atoms with Crippen LogP contribution in [0.2, 0.25) is 0 Å². The molecule has 1 aromatic heterocycles. The van der Waals surface area contributed by atoms with Crippen molar-refractivity contribution in [3.05, 3.63) is 40.2 Å². The summed E-state index contributed by atoms with van der Waals surface area (Å²) in [4.78, 5) is 12.3. The van der Waals surface area contributed by atoms with E-state index in [0.717, 1.165) is 6.21 Å². The summed E-state index contributed by atoms with van der Waals surface area (Å²) in [5.74, 6) is -0.503. The zero-order valence-electron chi connectivity index (χ0n) is 11.3. The molecule has 0 spiro atoms. The molecule has 0 saturated carbocycles. The van der Waals surface area contributed by atoms with E-state index < -0.39 is 0 Å². The van der Waals surface area contributed by atoms with Crippen LogP contribution in [-0.2, 0) is 6.54 Å². The van der Waals surface area contributed by atoms with Gasteiger partial charge in [-0.2, -0.15) is 10.4 Å². The number of aromatic hydroxyl groups is 1. The van der Waals surface area contributed by atoms with Crippen LogP contribution in [0.3, 0.4) is 0 Å². The lowest BCUT2D eigenvalue weighted by molar-refractivity contribution is 0.478. The molecule has 0 aliphatic carbocycles. The molecule has 2 rings (SSSR count). The summed E-state index contributed by atoms with van der Waals surface area (Å²) >= 11 is 0. The van der Waals surface area contributed by atoms with E-state index in [1.54, 1.807) is 30.3 Å². The Balaban J connectivity index is 2.70. The van der Waals surface area contributed by atoms with Gasteiger partial charge in [0, 0.05) is 11.9 Å². The highest BCUT2D eigenvalue weighted by molar-refractivity contribution is 5.97. The summed E-state index contributed by atoms with van der Waals surface area (Å²) in [5.41, 5.74) is 5.45. The highest BCUT2D eigenvalue weighted by Gasteiger charge is 2.13. The van der Waals surface area contributed by atoms with Crippen LogP contribution in [-0.4, -0.2) is 21.7 Å². The van der Waals surface area contributed by atoms with Gasteiger partial charge in [-0.25, -0.2) is 0 Å². The molecule has 7 heteroatoms. The smallest absolute Gasteiger partial charge is 0.263 e. The van der Waals surface area contributed by atoms with Crippen molar-refractivity contribution in [2.75, 3.05) is 0 Å². The van der Waals surface area contributed by atoms with Crippen molar-refractivity contribution in [1.29, 1.82) is 5.26 Å². The molecule has 0 fully saturated rings. The van der Waals surface area contributed by atoms with Crippen LogP contribution in [0.5, 0.6) is 5.75 Å². The van der Waals surface area contributed by atoms with Crippen molar-refractivity contribution in [2.45, 2.75) is 13.5 Å². The largest absolute Gasteiger partial charge is 0.506 e. The number of aryl methyl sites for hydroxylation is 1. The monoisotopic (exact) mass is 283 g/mol. The Hall–Kier alpha value is -3.14. The number of para-hydroxylation sites is 1. The highest BCUT2D eigenvalue weighted by Crippen LogP contribution is 2.25. The predicted molar refractivity (Wildman–Crippen MR) is 80.4 cm³/mol. The van der Waals surface area contributed by atoms with Gasteiger partial charge in [-0.15, -0.1) is 5.10 Å². The minimum absolute atomic E-state index is 0.00467. The Labute approximate surface area is 120 Å². The topological polar surface area (TPSA) is 117 Å². The van der Waals surface area contributed by atoms with E-state index in [9.17, 15) is 9.90 Å². The number of hydrogen-bond acceptors (Lipinski definition) is 5. The number of pyridine rings is 1. The van der Waals surface area contributed by atoms with Crippen molar-refractivity contribution in [2.24, 2.45) is 15.9 Å². The average molecular weight is 283 g/mol. The molecular weight excluding hydrogens is 270 g/mol. The number of rotatable bonds is 3. The van der Waals surface area contributed by atoms with Gasteiger partial charge in [0.1, 0.15) is 17.4 Å². The van der Waals surface area contributed by atoms with Crippen LogP contribution in [0.15, 0.2) is 39.3 Å². The van der Waals surface area contributed by atoms with Gasteiger partial charge in [-0.3, -0.25) is 4.79 Å². The summed E-state index contributed by atoms with van der Waals surface area (Å²) in [7, 11) is 0. The van der Waals surface area contributed by atoms with E-state index in [4.69, 9.17) is 11.0 Å². The summed E-state index contributed by atoms with van der Waals surface area (Å²) in [6, 6.07) is 8.62. The number of nitrogens with zero attached hydrogens (tertiary/aromatic N) is 4. The summed E-state index contributed by atoms with van der Waals surface area (Å²) in [5, 5.41) is 26.2. The maximum Gasteiger partial charge on any atom is 0.263 e. The van der Waals surface area contributed by atoms with Crippen LogP contribution >= 0.6 is 0 Å². The number of fused-ring (bicyclic) bond motifs is 1. The summed E-state index contributed by atoms with van der Waals surface area (Å²) in [6.07, 6.45) is 1.10. The molecule has 0 aliphatic rings. The van der Waals surface area contributed by atoms with Crippen molar-refractivity contribution in [3.8, 4) is 11.8 Å². The zero-order valence-corrected chi connectivity index (χ0v) is 11.3. The van der Waals surface area contributed by atoms with E-state index in [1.807, 2.05) is 6.92 Å². The fourth-order valence-electron chi connectivity index (χ4n) is 2.01. The first-order chi connectivity index (χ1) is 10.1. The van der Waals surface area contributed by atoms with Crippen LogP contribution in [0, 0.1) is 11.3 Å². The van der Waals surface area contributed by atoms with Gasteiger partial charge in [-0.1, -0.05) is 12.1 Å². The number of nitrogens with two attached hydrogens (primary N) is 1. The molecule has 7 nitrogen and oxygen atoms in total. The maximum absolute atomic E-state index is 12.3. The van der Waals surface area contributed by atoms with Gasteiger partial charge >= 0.3 is 0 Å². The van der Waals surface area contributed by atoms with E-state index in [1.165, 1.54) is 4.57 Å². The lowest BCUT2D eigenvalue weighted by atomic mass is 10.1. The molecule has 0 aliphatic heterocycles. The molecule has 0 saturated heterocycles. The Morgan fingerprint density at radius 1 is 1.52 bits per heavy atom. The third-order valence-electron chi connectivity index (χ3n) is 2.96. The fourth-order valence-corrected chi connectivity index (χ4v) is 2.01. The number of nitriles is 1. The number of amidine groups is 1. The molecule has 106 valence electrons. The van der Waals surface area contributed by atoms with Crippen molar-refractivity contribution >= 4 is 23.0 Å². The first-order valence-corrected chi connectivity index (χ1v) is 6.21. The summed E-state index contributed by atoms with van der Waals surface area (Å²) < 4.78 is 1.52. The lowest BCUT2D eigenvalue weighted by Gasteiger charge is -2.11. The Bertz CT molecular complexity index is 843. The highest BCUT2D eigenvalue weighted by atomic mass is 16.3. The third kappa shape index (κ3) is 2.60. The van der Waals surface area contributed by atoms with Crippen LogP contribution in [0.4, 0.5) is 0 Å². The number of aromatic nitrogens is 1. The molecule has 0 radical (unpaired) electrons. The second kappa shape index (κ2) is 5.88. The predicted octanol–water partition coefficient (Wildman–Crippen LogP) is 0.942. The molecule has 1 heterocycles. The molecule has 2 aromatic rings. The first-order valence-electron chi connectivity index (χ1n) is 6.21. The van der Waals surface area contributed by atoms with Crippen LogP contribution < -0.4 is 11.3 Å². The number of benzene rings is 1. The van der Waals surface area contributed by atoms with Gasteiger partial charge in [0.2, 0.25) is 5.84 Å². The summed E-state index contributed by atoms with van der Waals surface area (Å²) in [6.45, 7) is 2.28. The normalized spacial score (nSPS) is 11.9. The SMILES string of the molecule is CCn1c(=O)c(C=NN=C(N)C#N)c(O)c2ccccc21. The van der Waals surface area contributed by atoms with E-state index in [2.05, 4.69) is 10.2 Å². The van der Waals surface area contributed by atoms with Gasteiger partial charge in [0.05, 0.1) is 11.7 Å². The molecule has 1 aromatic carbocycles. The quantitative estimate of drug-likeness (QED) is 0.495. The molecule has 0 bridgehead atoms. The maximum atomic E-state index is 12.3. The van der Waals surface area contributed by atoms with Gasteiger partial charge in [0.15, 0.2) is 0 Å². The average Bonchev–Trinajstić information content (AvgIpc) is 2.51. The first kappa shape index (κ1) is 14.3. The molecule has 21 heavy (non-hydrogen) atoms.